The highest BCUT2D eigenvalue weighted by molar-refractivity contribution is 7.91. The molecular formula is C14H23NO2S. The Hall–Kier alpha value is -0.870. The molecule has 1 atom stereocenters. The summed E-state index contributed by atoms with van der Waals surface area (Å²) in [6.45, 7) is 6.48. The molecule has 1 unspecified atom stereocenters. The normalized spacial score (nSPS) is 15.3. The fourth-order valence-electron chi connectivity index (χ4n) is 2.15. The Balaban J connectivity index is 3.09. The Morgan fingerprint density at radius 2 is 1.72 bits per heavy atom. The lowest BCUT2D eigenvalue weighted by Crippen LogP contribution is -2.31. The van der Waals surface area contributed by atoms with E-state index in [1.165, 1.54) is 0 Å². The van der Waals surface area contributed by atoms with E-state index in [9.17, 15) is 8.42 Å². The molecule has 0 heterocycles. The maximum Gasteiger partial charge on any atom is 0.178 e. The summed E-state index contributed by atoms with van der Waals surface area (Å²) < 4.78 is 23.5. The maximum atomic E-state index is 11.7. The van der Waals surface area contributed by atoms with Crippen molar-refractivity contribution >= 4 is 9.84 Å². The van der Waals surface area contributed by atoms with Crippen LogP contribution in [0.1, 0.15) is 39.2 Å². The highest BCUT2D eigenvalue weighted by Crippen LogP contribution is 2.28. The van der Waals surface area contributed by atoms with Gasteiger partial charge >= 0.3 is 0 Å². The van der Waals surface area contributed by atoms with Crippen molar-refractivity contribution in [2.75, 3.05) is 12.3 Å². The third-order valence-corrected chi connectivity index (χ3v) is 5.29. The third kappa shape index (κ3) is 3.12. The molecule has 0 bridgehead atoms. The van der Waals surface area contributed by atoms with Gasteiger partial charge in [0.05, 0.1) is 10.6 Å². The Bertz CT molecular complexity index is 479. The molecule has 0 saturated carbocycles. The zero-order chi connectivity index (χ0) is 13.8. The standard InChI is InChI=1S/C14H23NO2S/c1-4-10-14(3,11-15)12-6-8-13(9-7-12)18(16,17)5-2/h6-9H,4-5,10-11,15H2,1-3H3. The molecule has 0 saturated heterocycles. The highest BCUT2D eigenvalue weighted by Gasteiger charge is 2.24. The highest BCUT2D eigenvalue weighted by atomic mass is 32.2. The van der Waals surface area contributed by atoms with Crippen LogP contribution < -0.4 is 5.73 Å². The van der Waals surface area contributed by atoms with Gasteiger partial charge in [0.1, 0.15) is 0 Å². The number of rotatable bonds is 6. The number of sulfone groups is 1. The molecule has 0 aliphatic carbocycles. The summed E-state index contributed by atoms with van der Waals surface area (Å²) in [7, 11) is -3.11. The molecule has 0 amide bonds. The van der Waals surface area contributed by atoms with Crippen LogP contribution in [0.25, 0.3) is 0 Å². The van der Waals surface area contributed by atoms with Crippen LogP contribution in [-0.4, -0.2) is 20.7 Å². The summed E-state index contributed by atoms with van der Waals surface area (Å²) in [5, 5.41) is 0. The van der Waals surface area contributed by atoms with Crippen LogP contribution in [-0.2, 0) is 15.3 Å². The van der Waals surface area contributed by atoms with Gasteiger partial charge in [-0.2, -0.15) is 0 Å². The molecular weight excluding hydrogens is 246 g/mol. The SMILES string of the molecule is CCCC(C)(CN)c1ccc(S(=O)(=O)CC)cc1. The van der Waals surface area contributed by atoms with Crippen LogP contribution in [0, 0.1) is 0 Å². The van der Waals surface area contributed by atoms with E-state index in [1.54, 1.807) is 19.1 Å². The largest absolute Gasteiger partial charge is 0.330 e. The van der Waals surface area contributed by atoms with Crippen LogP contribution >= 0.6 is 0 Å². The Morgan fingerprint density at radius 1 is 1.17 bits per heavy atom. The minimum atomic E-state index is -3.11. The molecule has 0 spiro atoms. The van der Waals surface area contributed by atoms with Gasteiger partial charge in [0.2, 0.25) is 0 Å². The molecule has 3 nitrogen and oxygen atoms in total. The van der Waals surface area contributed by atoms with Gasteiger partial charge in [-0.25, -0.2) is 8.42 Å². The van der Waals surface area contributed by atoms with E-state index in [2.05, 4.69) is 13.8 Å². The fraction of sp³-hybridized carbons (Fsp3) is 0.571. The number of nitrogens with two attached hydrogens (primary N) is 1. The Labute approximate surface area is 110 Å². The molecule has 0 aromatic heterocycles. The van der Waals surface area contributed by atoms with E-state index in [-0.39, 0.29) is 11.2 Å². The van der Waals surface area contributed by atoms with Gasteiger partial charge in [-0.15, -0.1) is 0 Å². The predicted molar refractivity (Wildman–Crippen MR) is 75.5 cm³/mol. The van der Waals surface area contributed by atoms with Crippen molar-refractivity contribution in [3.8, 4) is 0 Å². The zero-order valence-electron chi connectivity index (χ0n) is 11.4. The summed E-state index contributed by atoms with van der Waals surface area (Å²) >= 11 is 0. The van der Waals surface area contributed by atoms with Crippen molar-refractivity contribution in [1.82, 2.24) is 0 Å². The quantitative estimate of drug-likeness (QED) is 0.863. The van der Waals surface area contributed by atoms with Crippen molar-refractivity contribution in [1.29, 1.82) is 0 Å². The third-order valence-electron chi connectivity index (χ3n) is 3.54. The molecule has 0 fully saturated rings. The zero-order valence-corrected chi connectivity index (χ0v) is 12.3. The first-order chi connectivity index (χ1) is 8.39. The van der Waals surface area contributed by atoms with Gasteiger partial charge in [-0.1, -0.05) is 39.3 Å². The molecule has 4 heteroatoms. The van der Waals surface area contributed by atoms with Crippen LogP contribution in [0.4, 0.5) is 0 Å². The molecule has 0 aliphatic heterocycles. The number of hydrogen-bond donors (Lipinski definition) is 1. The van der Waals surface area contributed by atoms with E-state index >= 15 is 0 Å². The number of benzene rings is 1. The smallest absolute Gasteiger partial charge is 0.178 e. The second-order valence-electron chi connectivity index (χ2n) is 4.94. The molecule has 2 N–H and O–H groups in total. The van der Waals surface area contributed by atoms with Gasteiger partial charge in [0, 0.05) is 12.0 Å². The van der Waals surface area contributed by atoms with Crippen LogP contribution in [0.3, 0.4) is 0 Å². The summed E-state index contributed by atoms with van der Waals surface area (Å²) in [5.74, 6) is 0.134. The van der Waals surface area contributed by atoms with E-state index in [0.29, 0.717) is 11.4 Å². The summed E-state index contributed by atoms with van der Waals surface area (Å²) in [6.07, 6.45) is 2.06. The first kappa shape index (κ1) is 15.2. The molecule has 1 aromatic rings. The lowest BCUT2D eigenvalue weighted by atomic mass is 9.79. The first-order valence-corrected chi connectivity index (χ1v) is 8.08. The summed E-state index contributed by atoms with van der Waals surface area (Å²) in [4.78, 5) is 0.393. The van der Waals surface area contributed by atoms with Crippen molar-refractivity contribution in [2.24, 2.45) is 5.73 Å². The van der Waals surface area contributed by atoms with Gasteiger partial charge < -0.3 is 5.73 Å². The Morgan fingerprint density at radius 3 is 2.11 bits per heavy atom. The summed E-state index contributed by atoms with van der Waals surface area (Å²) in [6, 6.07) is 7.17. The van der Waals surface area contributed by atoms with E-state index in [0.717, 1.165) is 18.4 Å². The van der Waals surface area contributed by atoms with Crippen molar-refractivity contribution in [2.45, 2.75) is 43.9 Å². The van der Waals surface area contributed by atoms with E-state index < -0.39 is 9.84 Å². The minimum Gasteiger partial charge on any atom is -0.330 e. The molecule has 0 aliphatic rings. The van der Waals surface area contributed by atoms with Crippen molar-refractivity contribution in [3.63, 3.8) is 0 Å². The fourth-order valence-corrected chi connectivity index (χ4v) is 3.03. The van der Waals surface area contributed by atoms with Crippen molar-refractivity contribution < 1.29 is 8.42 Å². The van der Waals surface area contributed by atoms with Gasteiger partial charge in [-0.3, -0.25) is 0 Å². The van der Waals surface area contributed by atoms with Crippen LogP contribution in [0.5, 0.6) is 0 Å². The van der Waals surface area contributed by atoms with Crippen LogP contribution in [0.2, 0.25) is 0 Å². The second kappa shape index (κ2) is 5.85. The lowest BCUT2D eigenvalue weighted by molar-refractivity contribution is 0.439. The van der Waals surface area contributed by atoms with Gasteiger partial charge in [0.15, 0.2) is 9.84 Å². The van der Waals surface area contributed by atoms with Crippen LogP contribution in [0.15, 0.2) is 29.2 Å². The number of hydrogen-bond acceptors (Lipinski definition) is 3. The molecule has 102 valence electrons. The molecule has 1 aromatic carbocycles. The van der Waals surface area contributed by atoms with E-state index in [4.69, 9.17) is 5.73 Å². The molecule has 1 rings (SSSR count). The second-order valence-corrected chi connectivity index (χ2v) is 7.22. The van der Waals surface area contributed by atoms with Crippen molar-refractivity contribution in [3.05, 3.63) is 29.8 Å². The predicted octanol–water partition coefficient (Wildman–Crippen LogP) is 2.50. The topological polar surface area (TPSA) is 60.2 Å². The minimum absolute atomic E-state index is 0.0662. The monoisotopic (exact) mass is 269 g/mol. The van der Waals surface area contributed by atoms with Gasteiger partial charge in [0.25, 0.3) is 0 Å². The molecule has 18 heavy (non-hydrogen) atoms. The van der Waals surface area contributed by atoms with E-state index in [1.807, 2.05) is 12.1 Å². The molecule has 0 radical (unpaired) electrons. The van der Waals surface area contributed by atoms with Gasteiger partial charge in [-0.05, 0) is 24.1 Å². The maximum absolute atomic E-state index is 11.7. The first-order valence-electron chi connectivity index (χ1n) is 6.43. The average Bonchev–Trinajstić information content (AvgIpc) is 2.39. The lowest BCUT2D eigenvalue weighted by Gasteiger charge is -2.28. The summed E-state index contributed by atoms with van der Waals surface area (Å²) in [5.41, 5.74) is 6.90. The Kier molecular flexibility index (Phi) is 4.93. The average molecular weight is 269 g/mol.